The maximum absolute atomic E-state index is 6.20. The quantitative estimate of drug-likeness (QED) is 0.200. The SMILES string of the molecule is c1ccc(-c2ccc(N(c3ccc4cc(-c5ccccc5)ccc4c3)c3cccc4c3ccc3oc5cccnc5c34)cc2)cc1. The average Bonchev–Trinajstić information content (AvgIpc) is 3.52. The number of hydrogen-bond donors (Lipinski definition) is 0. The van der Waals surface area contributed by atoms with E-state index >= 15 is 0 Å². The third kappa shape index (κ3) is 4.41. The Morgan fingerprint density at radius 2 is 1.11 bits per heavy atom. The van der Waals surface area contributed by atoms with Crippen molar-refractivity contribution in [3.05, 3.63) is 170 Å². The van der Waals surface area contributed by atoms with Crippen LogP contribution < -0.4 is 4.90 Å². The summed E-state index contributed by atoms with van der Waals surface area (Å²) in [6.45, 7) is 0. The Kier molecular flexibility index (Phi) is 6.14. The van der Waals surface area contributed by atoms with Crippen LogP contribution in [-0.2, 0) is 0 Å². The molecular weight excluding hydrogens is 560 g/mol. The zero-order valence-corrected chi connectivity index (χ0v) is 25.0. The van der Waals surface area contributed by atoms with Crippen LogP contribution in [0.3, 0.4) is 0 Å². The molecule has 0 spiro atoms. The van der Waals surface area contributed by atoms with Crippen LogP contribution in [0.1, 0.15) is 0 Å². The lowest BCUT2D eigenvalue weighted by Crippen LogP contribution is -2.10. The van der Waals surface area contributed by atoms with Gasteiger partial charge in [0.1, 0.15) is 11.1 Å². The van der Waals surface area contributed by atoms with E-state index in [0.29, 0.717) is 0 Å². The lowest BCUT2D eigenvalue weighted by atomic mass is 9.99. The van der Waals surface area contributed by atoms with Crippen molar-refractivity contribution in [3.63, 3.8) is 0 Å². The van der Waals surface area contributed by atoms with Gasteiger partial charge in [-0.2, -0.15) is 0 Å². The van der Waals surface area contributed by atoms with E-state index in [-0.39, 0.29) is 0 Å². The predicted molar refractivity (Wildman–Crippen MR) is 192 cm³/mol. The summed E-state index contributed by atoms with van der Waals surface area (Å²) in [6.07, 6.45) is 1.83. The van der Waals surface area contributed by atoms with Crippen LogP contribution in [0.25, 0.3) is 65.9 Å². The molecule has 216 valence electrons. The van der Waals surface area contributed by atoms with Crippen molar-refractivity contribution in [1.29, 1.82) is 0 Å². The van der Waals surface area contributed by atoms with Crippen LogP contribution in [0.2, 0.25) is 0 Å². The van der Waals surface area contributed by atoms with Crippen LogP contribution in [0, 0.1) is 0 Å². The molecule has 0 bridgehead atoms. The molecular formula is C43H28N2O. The number of benzene rings is 7. The predicted octanol–water partition coefficient (Wildman–Crippen LogP) is 12.1. The van der Waals surface area contributed by atoms with Gasteiger partial charge in [0.2, 0.25) is 0 Å². The molecule has 0 aliphatic carbocycles. The molecule has 0 unspecified atom stereocenters. The molecule has 7 aromatic carbocycles. The molecule has 0 saturated carbocycles. The van der Waals surface area contributed by atoms with E-state index in [1.165, 1.54) is 33.0 Å². The monoisotopic (exact) mass is 588 g/mol. The topological polar surface area (TPSA) is 29.3 Å². The number of fused-ring (bicyclic) bond motifs is 6. The first-order valence-corrected chi connectivity index (χ1v) is 15.5. The van der Waals surface area contributed by atoms with Gasteiger partial charge in [-0.1, -0.05) is 103 Å². The van der Waals surface area contributed by atoms with Gasteiger partial charge in [0, 0.05) is 23.0 Å². The Morgan fingerprint density at radius 1 is 0.435 bits per heavy atom. The van der Waals surface area contributed by atoms with E-state index in [0.717, 1.165) is 49.9 Å². The van der Waals surface area contributed by atoms with Gasteiger partial charge >= 0.3 is 0 Å². The Morgan fingerprint density at radius 3 is 1.91 bits per heavy atom. The van der Waals surface area contributed by atoms with Gasteiger partial charge in [0.15, 0.2) is 5.58 Å². The van der Waals surface area contributed by atoms with Crippen molar-refractivity contribution in [3.8, 4) is 22.3 Å². The van der Waals surface area contributed by atoms with Gasteiger partial charge < -0.3 is 9.32 Å². The normalized spacial score (nSPS) is 11.5. The first-order chi connectivity index (χ1) is 22.8. The minimum atomic E-state index is 0.799. The van der Waals surface area contributed by atoms with Gasteiger partial charge in [-0.15, -0.1) is 0 Å². The van der Waals surface area contributed by atoms with Crippen LogP contribution in [0.5, 0.6) is 0 Å². The summed E-state index contributed by atoms with van der Waals surface area (Å²) in [5.41, 5.74) is 10.6. The first kappa shape index (κ1) is 26.2. The number of aromatic nitrogens is 1. The largest absolute Gasteiger partial charge is 0.454 e. The van der Waals surface area contributed by atoms with Crippen molar-refractivity contribution in [2.45, 2.75) is 0 Å². The maximum atomic E-state index is 6.20. The van der Waals surface area contributed by atoms with Gasteiger partial charge in [-0.25, -0.2) is 0 Å². The van der Waals surface area contributed by atoms with Crippen molar-refractivity contribution in [2.24, 2.45) is 0 Å². The first-order valence-electron chi connectivity index (χ1n) is 15.5. The number of nitrogens with zero attached hydrogens (tertiary/aromatic N) is 2. The molecule has 0 radical (unpaired) electrons. The number of rotatable bonds is 5. The maximum Gasteiger partial charge on any atom is 0.153 e. The summed E-state index contributed by atoms with van der Waals surface area (Å²) in [5, 5.41) is 5.69. The summed E-state index contributed by atoms with van der Waals surface area (Å²) in [6, 6.07) is 58.1. The highest BCUT2D eigenvalue weighted by Gasteiger charge is 2.19. The molecule has 0 aliphatic heterocycles. The summed E-state index contributed by atoms with van der Waals surface area (Å²) >= 11 is 0. The smallest absolute Gasteiger partial charge is 0.153 e. The van der Waals surface area contributed by atoms with Crippen molar-refractivity contribution < 1.29 is 4.42 Å². The fraction of sp³-hybridized carbons (Fsp3) is 0. The highest BCUT2D eigenvalue weighted by Crippen LogP contribution is 2.43. The highest BCUT2D eigenvalue weighted by molar-refractivity contribution is 6.20. The van der Waals surface area contributed by atoms with Crippen LogP contribution >= 0.6 is 0 Å². The number of pyridine rings is 1. The Balaban J connectivity index is 1.24. The van der Waals surface area contributed by atoms with E-state index in [1.54, 1.807) is 0 Å². The molecule has 2 heterocycles. The lowest BCUT2D eigenvalue weighted by molar-refractivity contribution is 0.668. The lowest BCUT2D eigenvalue weighted by Gasteiger charge is -2.27. The molecule has 2 aromatic heterocycles. The summed E-state index contributed by atoms with van der Waals surface area (Å²) in [7, 11) is 0. The molecule has 46 heavy (non-hydrogen) atoms. The molecule has 9 aromatic rings. The van der Waals surface area contributed by atoms with Crippen LogP contribution in [-0.4, -0.2) is 4.98 Å². The molecule has 0 aliphatic rings. The molecule has 0 N–H and O–H groups in total. The zero-order chi connectivity index (χ0) is 30.5. The van der Waals surface area contributed by atoms with E-state index in [9.17, 15) is 0 Å². The molecule has 0 fully saturated rings. The molecule has 0 atom stereocenters. The summed E-state index contributed by atoms with van der Waals surface area (Å²) < 4.78 is 6.20. The van der Waals surface area contributed by atoms with Gasteiger partial charge in [0.05, 0.1) is 11.1 Å². The number of anilines is 3. The van der Waals surface area contributed by atoms with Crippen molar-refractivity contribution in [1.82, 2.24) is 4.98 Å². The second-order valence-corrected chi connectivity index (χ2v) is 11.6. The second-order valence-electron chi connectivity index (χ2n) is 11.6. The Hall–Kier alpha value is -6.19. The minimum Gasteiger partial charge on any atom is -0.454 e. The molecule has 0 saturated heterocycles. The molecule has 3 nitrogen and oxygen atoms in total. The van der Waals surface area contributed by atoms with E-state index in [4.69, 9.17) is 9.40 Å². The Labute approximate surface area is 266 Å². The number of hydrogen-bond acceptors (Lipinski definition) is 3. The summed E-state index contributed by atoms with van der Waals surface area (Å²) in [4.78, 5) is 7.07. The average molecular weight is 589 g/mol. The van der Waals surface area contributed by atoms with E-state index < -0.39 is 0 Å². The fourth-order valence-electron chi connectivity index (χ4n) is 6.67. The third-order valence-electron chi connectivity index (χ3n) is 8.89. The van der Waals surface area contributed by atoms with Crippen LogP contribution in [0.15, 0.2) is 174 Å². The highest BCUT2D eigenvalue weighted by atomic mass is 16.3. The molecule has 3 heteroatoms. The van der Waals surface area contributed by atoms with Crippen molar-refractivity contribution >= 4 is 60.7 Å². The van der Waals surface area contributed by atoms with E-state index in [2.05, 4.69) is 157 Å². The third-order valence-corrected chi connectivity index (χ3v) is 8.89. The number of furan rings is 1. The molecule has 0 amide bonds. The van der Waals surface area contributed by atoms with Gasteiger partial charge in [-0.05, 0) is 99.1 Å². The zero-order valence-electron chi connectivity index (χ0n) is 25.0. The van der Waals surface area contributed by atoms with Gasteiger partial charge in [-0.3, -0.25) is 4.98 Å². The van der Waals surface area contributed by atoms with E-state index in [1.807, 2.05) is 18.3 Å². The molecule has 9 rings (SSSR count). The summed E-state index contributed by atoms with van der Waals surface area (Å²) in [5.74, 6) is 0. The minimum absolute atomic E-state index is 0.799. The Bertz CT molecular complexity index is 2520. The second kappa shape index (κ2) is 10.8. The van der Waals surface area contributed by atoms with Crippen LogP contribution in [0.4, 0.5) is 17.1 Å². The standard InChI is InChI=1S/C43H28N2O/c1-3-9-29(10-4-1)31-18-21-35(22-19-31)45(36-23-20-33-27-32(16-17-34(33)28-36)30-11-5-2-6-12-30)39-14-7-13-38-37(39)24-25-40-42(38)43-41(46-40)15-8-26-44-43/h1-28H. The van der Waals surface area contributed by atoms with Crippen molar-refractivity contribution in [2.75, 3.05) is 4.90 Å². The fourth-order valence-corrected chi connectivity index (χ4v) is 6.67. The van der Waals surface area contributed by atoms with Gasteiger partial charge in [0.25, 0.3) is 0 Å².